The molecule has 2 aromatic rings. The molecule has 18 N–H and O–H groups in total. The number of benzene rings is 1. The maximum Gasteiger partial charge on any atom is 0.305 e. The summed E-state index contributed by atoms with van der Waals surface area (Å²) in [6.45, 7) is 6.02. The summed E-state index contributed by atoms with van der Waals surface area (Å²) in [5, 5.41) is 55.2. The number of carbonyl (C=O) groups is 16. The summed E-state index contributed by atoms with van der Waals surface area (Å²) in [6.07, 6.45) is 1.40. The number of aliphatic hydroxyl groups is 1. The molecule has 15 amide bonds. The van der Waals surface area contributed by atoms with Crippen molar-refractivity contribution in [2.75, 3.05) is 96.9 Å². The maximum absolute atomic E-state index is 15.3. The Kier molecular flexibility index (Phi) is 36.6. The van der Waals surface area contributed by atoms with Crippen LogP contribution in [0.5, 0.6) is 0 Å². The SMILES string of the molecule is CCC(C)[C@@H]1NC(=O)CNC(=O)[C@@H]2Cc3c([nH]c4cc(NC(=O)CCCNC(=O)C(CCCCNC(=O)CCOC)NC(=O)[C@H](CCC(=O)NCCOCCC(=O)O)NC(=O)CCCN5CC=CC5=O)ccc34)S(=O)C[C@H](NC(=O)CNC1=O)C(=O)N[C@@H](CC(N)=O)C(=O)N1C[C@H](O)C[C@H]1C(=O)N[C@@H](C(C)CC)CN2. The number of nitrogens with zero attached hydrogens (tertiary/aromatic N) is 2. The van der Waals surface area contributed by atoms with Crippen LogP contribution in [0.1, 0.15) is 130 Å². The number of hydrogen-bond acceptors (Lipinski definition) is 21. The van der Waals surface area contributed by atoms with E-state index >= 15 is 4.21 Å². The Morgan fingerprint density at radius 2 is 1.39 bits per heavy atom. The lowest BCUT2D eigenvalue weighted by Gasteiger charge is -2.32. The Morgan fingerprint density at radius 1 is 0.700 bits per heavy atom. The average Bonchev–Trinajstić information content (AvgIpc) is 1.63. The molecule has 1 aromatic heterocycles. The second-order valence-electron chi connectivity index (χ2n) is 27.6. The third-order valence-corrected chi connectivity index (χ3v) is 20.7. The van der Waals surface area contributed by atoms with Gasteiger partial charge in [0.1, 0.15) is 41.3 Å². The number of nitrogens with two attached hydrogens (primary N) is 1. The number of unbranched alkanes of at least 4 members (excludes halogenated alkanes) is 1. The number of fused-ring (bicyclic) bond motifs is 5. The van der Waals surface area contributed by atoms with E-state index in [1.54, 1.807) is 26.0 Å². The third-order valence-electron chi connectivity index (χ3n) is 19.2. The Bertz CT molecular complexity index is 3690. The summed E-state index contributed by atoms with van der Waals surface area (Å²) < 4.78 is 25.5. The second kappa shape index (κ2) is 45.2. The molecule has 6 rings (SSSR count). The Balaban J connectivity index is 1.27. The summed E-state index contributed by atoms with van der Waals surface area (Å²) in [5.41, 5.74) is 6.26. The lowest BCUT2D eigenvalue weighted by molar-refractivity contribution is -0.143. The van der Waals surface area contributed by atoms with Crippen LogP contribution < -0.4 is 74.9 Å². The van der Waals surface area contributed by atoms with Gasteiger partial charge >= 0.3 is 5.97 Å². The molecule has 608 valence electrons. The minimum atomic E-state index is -2.41. The van der Waals surface area contributed by atoms with Gasteiger partial charge < -0.3 is 109 Å². The van der Waals surface area contributed by atoms with E-state index in [4.69, 9.17) is 20.3 Å². The van der Waals surface area contributed by atoms with Gasteiger partial charge in [0.05, 0.1) is 74.5 Å². The average molecular weight is 1570 g/mol. The number of aliphatic carboxylic acids is 1. The molecule has 0 radical (unpaired) electrons. The highest BCUT2D eigenvalue weighted by molar-refractivity contribution is 7.85. The lowest BCUT2D eigenvalue weighted by Crippen LogP contribution is -2.60. The van der Waals surface area contributed by atoms with Crippen molar-refractivity contribution < 1.29 is 101 Å². The highest BCUT2D eigenvalue weighted by atomic mass is 32.2. The van der Waals surface area contributed by atoms with E-state index in [-0.39, 0.29) is 163 Å². The third kappa shape index (κ3) is 28.8. The van der Waals surface area contributed by atoms with Crippen LogP contribution in [-0.2, 0) is 103 Å². The topological polar surface area (TPSA) is 554 Å². The fraction of sp³-hybridized carbons (Fsp3) is 0.634. The summed E-state index contributed by atoms with van der Waals surface area (Å²) in [6, 6.07) is -6.35. The zero-order valence-electron chi connectivity index (χ0n) is 62.8. The van der Waals surface area contributed by atoms with Crippen LogP contribution in [0.2, 0.25) is 0 Å². The van der Waals surface area contributed by atoms with Crippen molar-refractivity contribution in [3.05, 3.63) is 35.9 Å². The van der Waals surface area contributed by atoms with Crippen LogP contribution in [-0.4, -0.2) is 270 Å². The Labute approximate surface area is 638 Å². The van der Waals surface area contributed by atoms with Crippen LogP contribution in [0.4, 0.5) is 5.69 Å². The fourth-order valence-corrected chi connectivity index (χ4v) is 14.0. The standard InChI is InChI=1S/C71H107N17O21S/c1-6-40(3)51-35-76-49-33-45-44-18-17-42(31-48(44)85-70(45)110(107)39-52(81-59(95)36-78-69(105)63(41(4)7-2)86-60(96)37-77-65(49)101)67(103)83-50(34-54(72)90)71(106)88-38-43(89)32-53(88)68(104)84-51)79-57(93)14-10-24-75-64(100)46(13-8-9-23-73-56(92)21-28-108-5)82-66(102)47(19-20-55(91)74-25-30-109-29-22-62(98)99)80-58(94)15-11-26-87-27-12-16-61(87)97/h12,16-18,31,40-41,43,46-47,49-53,63,76,85,89H,6-11,13-15,19-30,32-39H2,1-5H3,(H2,72,90)(H,73,92)(H,74,91)(H,75,100)(H,77,101)(H,78,105)(H,79,93)(H,80,94)(H,81,95)(H,82,102)(H,83,103)(H,84,104)(H,86,96)(H,98,99)/t40?,41?,43-,46?,47+,49+,50+,51-,52+,53+,63+,110?/m1/s1. The van der Waals surface area contributed by atoms with Gasteiger partial charge in [0, 0.05) is 120 Å². The number of methoxy groups -OCH3 is 1. The first-order chi connectivity index (χ1) is 52.5. The van der Waals surface area contributed by atoms with Gasteiger partial charge in [-0.05, 0) is 68.1 Å². The van der Waals surface area contributed by atoms with E-state index < -0.39 is 186 Å². The molecule has 4 aliphatic heterocycles. The van der Waals surface area contributed by atoms with E-state index in [2.05, 4.69) is 74.1 Å². The number of anilines is 1. The number of carbonyl (C=O) groups excluding carboxylic acids is 15. The predicted molar refractivity (Wildman–Crippen MR) is 396 cm³/mol. The molecule has 38 nitrogen and oxygen atoms in total. The van der Waals surface area contributed by atoms with Gasteiger partial charge in [-0.25, -0.2) is 0 Å². The van der Waals surface area contributed by atoms with Crippen LogP contribution in [0.25, 0.3) is 10.9 Å². The molecule has 39 heteroatoms. The number of rotatable bonds is 36. The Morgan fingerprint density at radius 3 is 2.09 bits per heavy atom. The molecular weight excluding hydrogens is 1460 g/mol. The number of carboxylic acids is 1. The van der Waals surface area contributed by atoms with Crippen molar-refractivity contribution in [2.24, 2.45) is 17.6 Å². The highest BCUT2D eigenvalue weighted by Gasteiger charge is 2.44. The van der Waals surface area contributed by atoms with Crippen molar-refractivity contribution in [2.45, 2.75) is 190 Å². The normalized spacial score (nSPS) is 22.1. The van der Waals surface area contributed by atoms with Crippen molar-refractivity contribution >= 4 is 122 Å². The first-order valence-corrected chi connectivity index (χ1v) is 38.5. The summed E-state index contributed by atoms with van der Waals surface area (Å²) in [4.78, 5) is 222. The molecule has 0 aliphatic carbocycles. The molecular formula is C71H107N17O21S. The summed E-state index contributed by atoms with van der Waals surface area (Å²) in [7, 11) is -0.954. The predicted octanol–water partition coefficient (Wildman–Crippen LogP) is -4.40. The number of nitrogens with one attached hydrogen (secondary N) is 14. The number of hydrogen-bond donors (Lipinski definition) is 17. The summed E-state index contributed by atoms with van der Waals surface area (Å²) in [5.74, 6) is -13.6. The molecule has 2 bridgehead atoms. The molecule has 1 aromatic carbocycles. The second-order valence-corrected chi connectivity index (χ2v) is 29.1. The first-order valence-electron chi connectivity index (χ1n) is 37.2. The van der Waals surface area contributed by atoms with Crippen molar-refractivity contribution in [1.82, 2.24) is 78.6 Å². The zero-order chi connectivity index (χ0) is 80.6. The number of carboxylic acid groups (broad SMARTS) is 1. The van der Waals surface area contributed by atoms with Crippen LogP contribution in [0.3, 0.4) is 0 Å². The largest absolute Gasteiger partial charge is 0.481 e. The molecule has 0 spiro atoms. The molecule has 4 unspecified atom stereocenters. The van der Waals surface area contributed by atoms with Crippen molar-refractivity contribution in [3.8, 4) is 0 Å². The highest BCUT2D eigenvalue weighted by Crippen LogP contribution is 2.30. The number of aromatic amines is 1. The maximum atomic E-state index is 15.3. The summed E-state index contributed by atoms with van der Waals surface area (Å²) >= 11 is 0. The van der Waals surface area contributed by atoms with Gasteiger partial charge in [-0.1, -0.05) is 52.7 Å². The van der Waals surface area contributed by atoms with Crippen LogP contribution in [0, 0.1) is 11.8 Å². The molecule has 0 saturated carbocycles. The molecule has 4 aliphatic rings. The van der Waals surface area contributed by atoms with E-state index in [9.17, 15) is 81.8 Å². The molecule has 1 fully saturated rings. The van der Waals surface area contributed by atoms with Gasteiger partial charge in [0.2, 0.25) is 88.6 Å². The number of ether oxygens (including phenoxy) is 2. The molecule has 1 saturated heterocycles. The molecule has 5 heterocycles. The van der Waals surface area contributed by atoms with Crippen molar-refractivity contribution in [1.29, 1.82) is 0 Å². The van der Waals surface area contributed by atoms with Crippen LogP contribution >= 0.6 is 0 Å². The number of H-pyrrole nitrogens is 1. The smallest absolute Gasteiger partial charge is 0.305 e. The number of aliphatic hydroxyl groups excluding tert-OH is 1. The number of primary amides is 1. The Hall–Kier alpha value is -9.99. The lowest BCUT2D eigenvalue weighted by atomic mass is 9.97. The minimum Gasteiger partial charge on any atom is -0.481 e. The van der Waals surface area contributed by atoms with E-state index in [1.165, 1.54) is 30.2 Å². The zero-order valence-corrected chi connectivity index (χ0v) is 63.6. The van der Waals surface area contributed by atoms with E-state index in [0.29, 0.717) is 37.6 Å². The first kappa shape index (κ1) is 88.9. The monoisotopic (exact) mass is 1570 g/mol. The number of aromatic nitrogens is 1. The van der Waals surface area contributed by atoms with E-state index in [1.807, 2.05) is 13.8 Å². The van der Waals surface area contributed by atoms with Crippen molar-refractivity contribution in [3.63, 3.8) is 0 Å². The van der Waals surface area contributed by atoms with Crippen LogP contribution in [0.15, 0.2) is 35.4 Å². The minimum absolute atomic E-state index is 0.00130. The molecule has 12 atom stereocenters. The van der Waals surface area contributed by atoms with Gasteiger partial charge in [0.25, 0.3) is 0 Å². The fourth-order valence-electron chi connectivity index (χ4n) is 12.6. The number of amides is 15. The molecule has 110 heavy (non-hydrogen) atoms. The van der Waals surface area contributed by atoms with Gasteiger partial charge in [-0.3, -0.25) is 80.9 Å². The van der Waals surface area contributed by atoms with Gasteiger partial charge in [-0.2, -0.15) is 0 Å². The quantitative estimate of drug-likeness (QED) is 0.0286. The van der Waals surface area contributed by atoms with Gasteiger partial charge in [-0.15, -0.1) is 0 Å². The van der Waals surface area contributed by atoms with Gasteiger partial charge in [0.15, 0.2) is 0 Å². The van der Waals surface area contributed by atoms with E-state index in [0.717, 1.165) is 4.90 Å².